The molecule has 2 atom stereocenters. The lowest BCUT2D eigenvalue weighted by Crippen LogP contribution is -2.40. The highest BCUT2D eigenvalue weighted by atomic mass is 35.5. The first-order valence-electron chi connectivity index (χ1n) is 11.2. The highest BCUT2D eigenvalue weighted by Gasteiger charge is 2.41. The summed E-state index contributed by atoms with van der Waals surface area (Å²) in [5.74, 6) is 0.813. The Morgan fingerprint density at radius 2 is 1.93 bits per heavy atom. The fourth-order valence-electron chi connectivity index (χ4n) is 5.37. The molecule has 0 aromatic rings. The highest BCUT2D eigenvalue weighted by Crippen LogP contribution is 2.51. The van der Waals surface area contributed by atoms with Gasteiger partial charge in [-0.15, -0.1) is 24.2 Å². The van der Waals surface area contributed by atoms with Crippen molar-refractivity contribution in [3.63, 3.8) is 0 Å². The van der Waals surface area contributed by atoms with Crippen LogP contribution >= 0.6 is 24.2 Å². The van der Waals surface area contributed by atoms with Crippen LogP contribution in [0.2, 0.25) is 0 Å². The molecule has 3 aliphatic heterocycles. The smallest absolute Gasteiger partial charge is 0.0537 e. The molecule has 4 rings (SSSR count). The molecule has 0 spiro atoms. The van der Waals surface area contributed by atoms with Gasteiger partial charge in [-0.3, -0.25) is 0 Å². The maximum absolute atomic E-state index is 3.63. The molecule has 3 heterocycles. The SMILES string of the molecule is CCCCCCCCCC1CCC2=C3CNCCC3N3CC=CSC1=C23.Cl. The lowest BCUT2D eigenvalue weighted by atomic mass is 9.85. The Balaban J connectivity index is 0.00000210. The van der Waals surface area contributed by atoms with Crippen molar-refractivity contribution in [1.82, 2.24) is 10.2 Å². The number of nitrogens with one attached hydrogen (secondary N) is 1. The average molecular weight is 409 g/mol. The van der Waals surface area contributed by atoms with Crippen LogP contribution in [-0.4, -0.2) is 30.6 Å². The van der Waals surface area contributed by atoms with Crippen LogP contribution in [0.25, 0.3) is 0 Å². The van der Waals surface area contributed by atoms with E-state index in [0.717, 1.165) is 19.0 Å². The molecular weight excluding hydrogens is 372 g/mol. The van der Waals surface area contributed by atoms with Crippen molar-refractivity contribution < 1.29 is 0 Å². The van der Waals surface area contributed by atoms with Gasteiger partial charge >= 0.3 is 0 Å². The summed E-state index contributed by atoms with van der Waals surface area (Å²) in [7, 11) is 0. The number of thioether (sulfide) groups is 1. The van der Waals surface area contributed by atoms with Crippen LogP contribution in [0.1, 0.15) is 77.6 Å². The summed E-state index contributed by atoms with van der Waals surface area (Å²) in [5, 5.41) is 6.00. The minimum Gasteiger partial charge on any atom is -0.360 e. The molecular formula is C23H37ClN2S. The number of rotatable bonds is 8. The van der Waals surface area contributed by atoms with Gasteiger partial charge in [0.1, 0.15) is 0 Å². The quantitative estimate of drug-likeness (QED) is 0.467. The molecule has 152 valence electrons. The Morgan fingerprint density at radius 3 is 2.78 bits per heavy atom. The molecule has 4 heteroatoms. The zero-order valence-electron chi connectivity index (χ0n) is 17.0. The number of halogens is 1. The van der Waals surface area contributed by atoms with Crippen molar-refractivity contribution in [3.05, 3.63) is 33.2 Å². The third-order valence-corrected chi connectivity index (χ3v) is 7.85. The molecule has 4 aliphatic rings. The molecule has 0 radical (unpaired) electrons. The lowest BCUT2D eigenvalue weighted by Gasteiger charge is -2.34. The van der Waals surface area contributed by atoms with E-state index in [2.05, 4.69) is 28.6 Å². The van der Waals surface area contributed by atoms with E-state index in [0.29, 0.717) is 6.04 Å². The van der Waals surface area contributed by atoms with E-state index in [-0.39, 0.29) is 12.4 Å². The first-order chi connectivity index (χ1) is 12.9. The second-order valence-electron chi connectivity index (χ2n) is 8.49. The van der Waals surface area contributed by atoms with Crippen LogP contribution in [0.5, 0.6) is 0 Å². The molecule has 1 aliphatic carbocycles. The van der Waals surface area contributed by atoms with Gasteiger partial charge in [-0.25, -0.2) is 0 Å². The number of piperidine rings is 1. The fraction of sp³-hybridized carbons (Fsp3) is 0.739. The summed E-state index contributed by atoms with van der Waals surface area (Å²) < 4.78 is 0. The van der Waals surface area contributed by atoms with Crippen LogP contribution in [0.15, 0.2) is 33.2 Å². The number of unbranched alkanes of at least 4 members (excludes halogenated alkanes) is 6. The van der Waals surface area contributed by atoms with E-state index < -0.39 is 0 Å². The van der Waals surface area contributed by atoms with E-state index in [1.807, 2.05) is 11.8 Å². The number of hydrogen-bond donors (Lipinski definition) is 1. The molecule has 0 amide bonds. The molecule has 0 aromatic carbocycles. The van der Waals surface area contributed by atoms with E-state index in [4.69, 9.17) is 0 Å². The maximum atomic E-state index is 3.63. The van der Waals surface area contributed by atoms with E-state index in [9.17, 15) is 0 Å². The van der Waals surface area contributed by atoms with Crippen molar-refractivity contribution >= 4 is 24.2 Å². The summed E-state index contributed by atoms with van der Waals surface area (Å²) in [6.45, 7) is 5.73. The van der Waals surface area contributed by atoms with E-state index in [1.54, 1.807) is 21.7 Å². The van der Waals surface area contributed by atoms with E-state index >= 15 is 0 Å². The zero-order valence-corrected chi connectivity index (χ0v) is 18.6. The van der Waals surface area contributed by atoms with Gasteiger partial charge in [-0.2, -0.15) is 0 Å². The summed E-state index contributed by atoms with van der Waals surface area (Å²) in [5.41, 5.74) is 5.13. The molecule has 1 N–H and O–H groups in total. The third-order valence-electron chi connectivity index (χ3n) is 6.75. The van der Waals surface area contributed by atoms with Gasteiger partial charge in [0, 0.05) is 18.0 Å². The Morgan fingerprint density at radius 1 is 1.11 bits per heavy atom. The average Bonchev–Trinajstić information content (AvgIpc) is 2.83. The van der Waals surface area contributed by atoms with Gasteiger partial charge < -0.3 is 10.2 Å². The molecule has 1 saturated heterocycles. The molecule has 0 saturated carbocycles. The summed E-state index contributed by atoms with van der Waals surface area (Å²) in [4.78, 5) is 4.47. The second kappa shape index (κ2) is 10.4. The van der Waals surface area contributed by atoms with Gasteiger partial charge in [0.05, 0.1) is 11.7 Å². The van der Waals surface area contributed by atoms with Crippen molar-refractivity contribution in [2.24, 2.45) is 5.92 Å². The zero-order chi connectivity index (χ0) is 17.8. The molecule has 27 heavy (non-hydrogen) atoms. The monoisotopic (exact) mass is 408 g/mol. The van der Waals surface area contributed by atoms with Crippen LogP contribution in [0.3, 0.4) is 0 Å². The van der Waals surface area contributed by atoms with Crippen LogP contribution < -0.4 is 5.32 Å². The van der Waals surface area contributed by atoms with Gasteiger partial charge in [0.25, 0.3) is 0 Å². The maximum Gasteiger partial charge on any atom is 0.0537 e. The molecule has 0 aromatic heterocycles. The minimum atomic E-state index is 0. The van der Waals surface area contributed by atoms with Crippen molar-refractivity contribution in [3.8, 4) is 0 Å². The molecule has 1 fully saturated rings. The predicted octanol–water partition coefficient (Wildman–Crippen LogP) is 6.41. The minimum absolute atomic E-state index is 0. The molecule has 2 nitrogen and oxygen atoms in total. The van der Waals surface area contributed by atoms with Crippen LogP contribution in [-0.2, 0) is 0 Å². The first kappa shape index (κ1) is 21.3. The Kier molecular flexibility index (Phi) is 8.23. The third kappa shape index (κ3) is 4.62. The predicted molar refractivity (Wildman–Crippen MR) is 121 cm³/mol. The van der Waals surface area contributed by atoms with Gasteiger partial charge in [-0.1, -0.05) is 57.9 Å². The van der Waals surface area contributed by atoms with Gasteiger partial charge in [-0.05, 0) is 54.7 Å². The number of hydrogen-bond acceptors (Lipinski definition) is 3. The van der Waals surface area contributed by atoms with Crippen molar-refractivity contribution in [1.29, 1.82) is 0 Å². The summed E-state index contributed by atoms with van der Waals surface area (Å²) in [6, 6.07) is 0.692. The topological polar surface area (TPSA) is 15.3 Å². The summed E-state index contributed by atoms with van der Waals surface area (Å²) in [6.07, 6.45) is 17.8. The Bertz CT molecular complexity index is 595. The second-order valence-corrected chi connectivity index (χ2v) is 9.43. The Labute approximate surface area is 176 Å². The van der Waals surface area contributed by atoms with E-state index in [1.165, 1.54) is 77.2 Å². The lowest BCUT2D eigenvalue weighted by molar-refractivity contribution is 0.296. The van der Waals surface area contributed by atoms with Gasteiger partial charge in [0.15, 0.2) is 0 Å². The number of nitrogens with zero attached hydrogens (tertiary/aromatic N) is 1. The van der Waals surface area contributed by atoms with Crippen molar-refractivity contribution in [2.75, 3.05) is 19.6 Å². The molecule has 0 bridgehead atoms. The first-order valence-corrected chi connectivity index (χ1v) is 12.0. The highest BCUT2D eigenvalue weighted by molar-refractivity contribution is 8.05. The number of fused-ring (bicyclic) bond motifs is 2. The number of allylic oxidation sites excluding steroid dienone is 2. The largest absolute Gasteiger partial charge is 0.360 e. The Hall–Kier alpha value is -0.380. The van der Waals surface area contributed by atoms with Gasteiger partial charge in [0.2, 0.25) is 0 Å². The van der Waals surface area contributed by atoms with Crippen LogP contribution in [0, 0.1) is 5.92 Å². The summed E-state index contributed by atoms with van der Waals surface area (Å²) >= 11 is 2.05. The fourth-order valence-corrected chi connectivity index (χ4v) is 6.48. The normalized spacial score (nSPS) is 26.6. The van der Waals surface area contributed by atoms with Crippen LogP contribution in [0.4, 0.5) is 0 Å². The van der Waals surface area contributed by atoms with Crippen molar-refractivity contribution in [2.45, 2.75) is 83.6 Å². The molecule has 2 unspecified atom stereocenters. The standard InChI is InChI=1S/C23H36N2S.ClH/c1-2-3-4-5-6-7-8-10-18-11-12-19-20-17-24-14-13-21(20)25-15-9-16-26-23(18)22(19)25;/h9,16,18,21,24H,2-8,10-15,17H2,1H3;1H.